The summed E-state index contributed by atoms with van der Waals surface area (Å²) in [5, 5.41) is 0. The number of rotatable bonds is 2. The molecule has 18 heavy (non-hydrogen) atoms. The molecule has 0 radical (unpaired) electrons. The molecule has 0 aromatic heterocycles. The first kappa shape index (κ1) is 13.2. The van der Waals surface area contributed by atoms with Gasteiger partial charge in [-0.05, 0) is 68.5 Å². The van der Waals surface area contributed by atoms with Gasteiger partial charge >= 0.3 is 0 Å². The zero-order valence-electron chi connectivity index (χ0n) is 11.8. The monoisotopic (exact) mass is 256 g/mol. The highest BCUT2D eigenvalue weighted by Crippen LogP contribution is 2.36. The van der Waals surface area contributed by atoms with Crippen molar-refractivity contribution in [3.8, 4) is 0 Å². The molecule has 2 aromatic rings. The summed E-state index contributed by atoms with van der Waals surface area (Å²) < 4.78 is 0. The van der Waals surface area contributed by atoms with Gasteiger partial charge in [-0.3, -0.25) is 0 Å². The molecule has 0 aliphatic heterocycles. The summed E-state index contributed by atoms with van der Waals surface area (Å²) in [4.78, 5) is 2.77. The maximum absolute atomic E-state index is 2.28. The van der Waals surface area contributed by atoms with Gasteiger partial charge in [0, 0.05) is 9.79 Å². The van der Waals surface area contributed by atoms with Gasteiger partial charge in [-0.1, -0.05) is 36.0 Å². The second kappa shape index (κ2) is 5.19. The lowest BCUT2D eigenvalue weighted by atomic mass is 10.1. The smallest absolute Gasteiger partial charge is 0.0183 e. The minimum Gasteiger partial charge on any atom is -0.0892 e. The zero-order chi connectivity index (χ0) is 13.3. The summed E-state index contributed by atoms with van der Waals surface area (Å²) in [6.07, 6.45) is 0. The van der Waals surface area contributed by atoms with Crippen LogP contribution < -0.4 is 0 Å². The van der Waals surface area contributed by atoms with E-state index in [2.05, 4.69) is 65.0 Å². The van der Waals surface area contributed by atoms with Crippen molar-refractivity contribution >= 4 is 11.8 Å². The van der Waals surface area contributed by atoms with Crippen molar-refractivity contribution in [1.82, 2.24) is 0 Å². The Balaban J connectivity index is 2.46. The predicted octanol–water partition coefficient (Wildman–Crippen LogP) is 5.38. The Bertz CT molecular complexity index is 582. The first-order chi connectivity index (χ1) is 8.49. The molecule has 0 heterocycles. The maximum atomic E-state index is 2.28. The quantitative estimate of drug-likeness (QED) is 0.695. The Hall–Kier alpha value is -1.21. The summed E-state index contributed by atoms with van der Waals surface area (Å²) in [7, 11) is 0. The molecule has 0 spiro atoms. The molecule has 2 rings (SSSR count). The van der Waals surface area contributed by atoms with Crippen LogP contribution in [0.2, 0.25) is 0 Å². The van der Waals surface area contributed by atoms with Crippen molar-refractivity contribution in [2.24, 2.45) is 0 Å². The molecule has 1 heteroatoms. The van der Waals surface area contributed by atoms with E-state index in [0.29, 0.717) is 0 Å². The second-order valence-electron chi connectivity index (χ2n) is 5.02. The molecule has 0 N–H and O–H groups in total. The average molecular weight is 256 g/mol. The van der Waals surface area contributed by atoms with Gasteiger partial charge in [0.15, 0.2) is 0 Å². The SMILES string of the molecule is Cc1ccc(C)c(Sc2c(C)ccc(C)c2C)c1. The van der Waals surface area contributed by atoms with Gasteiger partial charge < -0.3 is 0 Å². The molecule has 0 bridgehead atoms. The standard InChI is InChI=1S/C17H20S/c1-11-6-7-13(3)16(10-11)18-17-14(4)9-8-12(2)15(17)5/h6-10H,1-5H3. The maximum Gasteiger partial charge on any atom is 0.0183 e. The lowest BCUT2D eigenvalue weighted by Gasteiger charge is -2.13. The molecule has 2 aromatic carbocycles. The highest BCUT2D eigenvalue weighted by Gasteiger charge is 2.08. The molecule has 0 nitrogen and oxygen atoms in total. The van der Waals surface area contributed by atoms with Crippen LogP contribution in [0.4, 0.5) is 0 Å². The fraction of sp³-hybridized carbons (Fsp3) is 0.294. The van der Waals surface area contributed by atoms with Gasteiger partial charge in [-0.25, -0.2) is 0 Å². The number of hydrogen-bond donors (Lipinski definition) is 0. The molecule has 0 aliphatic carbocycles. The van der Waals surface area contributed by atoms with Crippen molar-refractivity contribution in [2.45, 2.75) is 44.4 Å². The summed E-state index contributed by atoms with van der Waals surface area (Å²) in [5.74, 6) is 0. The third-order valence-electron chi connectivity index (χ3n) is 3.43. The Morgan fingerprint density at radius 2 is 1.33 bits per heavy atom. The normalized spacial score (nSPS) is 10.7. The van der Waals surface area contributed by atoms with Crippen LogP contribution in [-0.2, 0) is 0 Å². The molecule has 0 saturated carbocycles. The highest BCUT2D eigenvalue weighted by molar-refractivity contribution is 7.99. The molecular formula is C17H20S. The van der Waals surface area contributed by atoms with Crippen LogP contribution in [0.3, 0.4) is 0 Å². The van der Waals surface area contributed by atoms with Gasteiger partial charge in [-0.15, -0.1) is 0 Å². The second-order valence-corrected chi connectivity index (χ2v) is 6.08. The van der Waals surface area contributed by atoms with Crippen LogP contribution in [0, 0.1) is 34.6 Å². The van der Waals surface area contributed by atoms with Crippen LogP contribution in [-0.4, -0.2) is 0 Å². The topological polar surface area (TPSA) is 0 Å². The lowest BCUT2D eigenvalue weighted by molar-refractivity contribution is 1.16. The molecule has 0 aliphatic rings. The van der Waals surface area contributed by atoms with Crippen molar-refractivity contribution in [3.05, 3.63) is 58.1 Å². The molecule has 0 unspecified atom stereocenters. The van der Waals surface area contributed by atoms with E-state index >= 15 is 0 Å². The van der Waals surface area contributed by atoms with Crippen molar-refractivity contribution < 1.29 is 0 Å². The average Bonchev–Trinajstić information content (AvgIpc) is 2.34. The van der Waals surface area contributed by atoms with E-state index in [1.807, 2.05) is 11.8 Å². The van der Waals surface area contributed by atoms with E-state index in [1.54, 1.807) is 0 Å². The zero-order valence-corrected chi connectivity index (χ0v) is 12.6. The van der Waals surface area contributed by atoms with E-state index in [9.17, 15) is 0 Å². The number of benzene rings is 2. The van der Waals surface area contributed by atoms with Crippen molar-refractivity contribution in [1.29, 1.82) is 0 Å². The van der Waals surface area contributed by atoms with E-state index < -0.39 is 0 Å². The first-order valence-electron chi connectivity index (χ1n) is 6.31. The minimum atomic E-state index is 1.33. The molecule has 94 valence electrons. The third-order valence-corrected chi connectivity index (χ3v) is 4.92. The Morgan fingerprint density at radius 1 is 0.722 bits per heavy atom. The largest absolute Gasteiger partial charge is 0.0892 e. The first-order valence-corrected chi connectivity index (χ1v) is 7.12. The number of hydrogen-bond acceptors (Lipinski definition) is 1. The minimum absolute atomic E-state index is 1.33. The fourth-order valence-electron chi connectivity index (χ4n) is 2.01. The molecular weight excluding hydrogens is 236 g/mol. The van der Waals surface area contributed by atoms with E-state index in [4.69, 9.17) is 0 Å². The Morgan fingerprint density at radius 3 is 2.06 bits per heavy atom. The summed E-state index contributed by atoms with van der Waals surface area (Å²) >= 11 is 1.90. The summed E-state index contributed by atoms with van der Waals surface area (Å²) in [6.45, 7) is 10.9. The van der Waals surface area contributed by atoms with Crippen molar-refractivity contribution in [3.63, 3.8) is 0 Å². The predicted molar refractivity (Wildman–Crippen MR) is 80.7 cm³/mol. The van der Waals surface area contributed by atoms with Gasteiger partial charge in [0.2, 0.25) is 0 Å². The van der Waals surface area contributed by atoms with Crippen LogP contribution in [0.1, 0.15) is 27.8 Å². The Kier molecular flexibility index (Phi) is 3.82. The van der Waals surface area contributed by atoms with Gasteiger partial charge in [-0.2, -0.15) is 0 Å². The van der Waals surface area contributed by atoms with Gasteiger partial charge in [0.1, 0.15) is 0 Å². The molecule has 0 saturated heterocycles. The van der Waals surface area contributed by atoms with Gasteiger partial charge in [0.05, 0.1) is 0 Å². The van der Waals surface area contributed by atoms with Crippen LogP contribution >= 0.6 is 11.8 Å². The van der Waals surface area contributed by atoms with Crippen molar-refractivity contribution in [2.75, 3.05) is 0 Å². The fourth-order valence-corrected chi connectivity index (χ4v) is 3.25. The van der Waals surface area contributed by atoms with E-state index in [0.717, 1.165) is 0 Å². The molecule has 0 amide bonds. The third kappa shape index (κ3) is 2.62. The lowest BCUT2D eigenvalue weighted by Crippen LogP contribution is -1.90. The molecule has 0 atom stereocenters. The van der Waals surface area contributed by atoms with E-state index in [1.165, 1.54) is 37.6 Å². The molecule has 0 fully saturated rings. The van der Waals surface area contributed by atoms with Gasteiger partial charge in [0.25, 0.3) is 0 Å². The van der Waals surface area contributed by atoms with Crippen LogP contribution in [0.15, 0.2) is 40.1 Å². The van der Waals surface area contributed by atoms with E-state index in [-0.39, 0.29) is 0 Å². The Labute approximate surface area is 114 Å². The summed E-state index contributed by atoms with van der Waals surface area (Å²) in [5.41, 5.74) is 6.82. The van der Waals surface area contributed by atoms with Crippen LogP contribution in [0.25, 0.3) is 0 Å². The number of aryl methyl sites for hydroxylation is 4. The van der Waals surface area contributed by atoms with Crippen LogP contribution in [0.5, 0.6) is 0 Å². The summed E-state index contributed by atoms with van der Waals surface area (Å²) in [6, 6.07) is 11.1. The highest BCUT2D eigenvalue weighted by atomic mass is 32.2.